The van der Waals surface area contributed by atoms with E-state index in [0.29, 0.717) is 5.02 Å². The lowest BCUT2D eigenvalue weighted by Crippen LogP contribution is -2.37. The Labute approximate surface area is 90.8 Å². The highest BCUT2D eigenvalue weighted by Crippen LogP contribution is 2.31. The monoisotopic (exact) mass is 263 g/mol. The highest BCUT2D eigenvalue weighted by Gasteiger charge is 2.23. The first-order chi connectivity index (χ1) is 5.99. The van der Waals surface area contributed by atoms with E-state index in [1.165, 1.54) is 0 Å². The predicted octanol–water partition coefficient (Wildman–Crippen LogP) is 2.27. The normalized spacial score (nSPS) is 15.5. The van der Waals surface area contributed by atoms with Crippen LogP contribution >= 0.6 is 27.5 Å². The zero-order valence-corrected chi connectivity index (χ0v) is 9.56. The minimum Gasteiger partial charge on any atom is -0.394 e. The molecule has 1 aromatic rings. The summed E-state index contributed by atoms with van der Waals surface area (Å²) in [6, 6.07) is 5.41. The molecule has 0 saturated heterocycles. The Kier molecular flexibility index (Phi) is 3.35. The molecule has 0 bridgehead atoms. The van der Waals surface area contributed by atoms with Crippen LogP contribution in [0.15, 0.2) is 22.7 Å². The highest BCUT2D eigenvalue weighted by molar-refractivity contribution is 9.10. The average molecular weight is 265 g/mol. The lowest BCUT2D eigenvalue weighted by atomic mass is 9.94. The minimum atomic E-state index is -0.760. The molecule has 0 aliphatic rings. The Morgan fingerprint density at radius 3 is 2.77 bits per heavy atom. The van der Waals surface area contributed by atoms with Gasteiger partial charge in [-0.1, -0.05) is 23.7 Å². The molecule has 0 amide bonds. The van der Waals surface area contributed by atoms with Crippen molar-refractivity contribution in [2.24, 2.45) is 5.73 Å². The van der Waals surface area contributed by atoms with Gasteiger partial charge in [0, 0.05) is 4.47 Å². The topological polar surface area (TPSA) is 46.2 Å². The lowest BCUT2D eigenvalue weighted by Gasteiger charge is -2.23. The zero-order valence-electron chi connectivity index (χ0n) is 7.22. The molecule has 13 heavy (non-hydrogen) atoms. The molecule has 0 aliphatic carbocycles. The molecule has 2 nitrogen and oxygen atoms in total. The van der Waals surface area contributed by atoms with E-state index in [1.54, 1.807) is 13.0 Å². The van der Waals surface area contributed by atoms with Gasteiger partial charge in [-0.25, -0.2) is 0 Å². The summed E-state index contributed by atoms with van der Waals surface area (Å²) in [5.74, 6) is 0. The van der Waals surface area contributed by atoms with Crippen LogP contribution in [0.2, 0.25) is 5.02 Å². The fraction of sp³-hybridized carbons (Fsp3) is 0.333. The van der Waals surface area contributed by atoms with Crippen molar-refractivity contribution in [2.45, 2.75) is 12.5 Å². The molecule has 0 fully saturated rings. The summed E-state index contributed by atoms with van der Waals surface area (Å²) in [6.45, 7) is 1.63. The summed E-state index contributed by atoms with van der Waals surface area (Å²) in [6.07, 6.45) is 0. The molecule has 0 saturated carbocycles. The van der Waals surface area contributed by atoms with Gasteiger partial charge >= 0.3 is 0 Å². The summed E-state index contributed by atoms with van der Waals surface area (Å²) in [4.78, 5) is 0. The smallest absolute Gasteiger partial charge is 0.0650 e. The van der Waals surface area contributed by atoms with Crippen molar-refractivity contribution in [1.29, 1.82) is 0 Å². The number of nitrogens with two attached hydrogens (primary N) is 1. The zero-order chi connectivity index (χ0) is 10.1. The molecule has 72 valence electrons. The van der Waals surface area contributed by atoms with E-state index in [4.69, 9.17) is 22.4 Å². The van der Waals surface area contributed by atoms with Crippen LogP contribution in [0.5, 0.6) is 0 Å². The van der Waals surface area contributed by atoms with Crippen molar-refractivity contribution >= 4 is 27.5 Å². The Morgan fingerprint density at radius 2 is 2.23 bits per heavy atom. The van der Waals surface area contributed by atoms with Gasteiger partial charge in [-0.15, -0.1) is 0 Å². The molecular weight excluding hydrogens is 253 g/mol. The Bertz CT molecular complexity index is 314. The fourth-order valence-electron chi connectivity index (χ4n) is 1.03. The predicted molar refractivity (Wildman–Crippen MR) is 57.8 cm³/mol. The molecule has 0 spiro atoms. The van der Waals surface area contributed by atoms with Gasteiger partial charge < -0.3 is 10.8 Å². The van der Waals surface area contributed by atoms with Gasteiger partial charge in [0.1, 0.15) is 0 Å². The molecule has 4 heteroatoms. The molecule has 0 aliphatic heterocycles. The van der Waals surface area contributed by atoms with Crippen molar-refractivity contribution in [2.75, 3.05) is 6.61 Å². The summed E-state index contributed by atoms with van der Waals surface area (Å²) >= 11 is 9.23. The summed E-state index contributed by atoms with van der Waals surface area (Å²) < 4.78 is 0.746. The van der Waals surface area contributed by atoms with E-state index < -0.39 is 5.54 Å². The van der Waals surface area contributed by atoms with E-state index in [9.17, 15) is 0 Å². The fourth-order valence-corrected chi connectivity index (χ4v) is 1.92. The third-order valence-electron chi connectivity index (χ3n) is 1.90. The van der Waals surface area contributed by atoms with Crippen LogP contribution in [-0.2, 0) is 5.54 Å². The average Bonchev–Trinajstić information content (AvgIpc) is 2.09. The van der Waals surface area contributed by atoms with Crippen LogP contribution in [0, 0.1) is 0 Å². The quantitative estimate of drug-likeness (QED) is 0.861. The maximum atomic E-state index is 9.07. The van der Waals surface area contributed by atoms with Crippen LogP contribution in [0.25, 0.3) is 0 Å². The van der Waals surface area contributed by atoms with Gasteiger partial charge in [0.05, 0.1) is 17.2 Å². The standard InChI is InChI=1S/C9H11BrClNO/c1-9(12,5-13)6-3-2-4-7(11)8(6)10/h2-4,13H,5,12H2,1H3. The first-order valence-corrected chi connectivity index (χ1v) is 5.00. The summed E-state index contributed by atoms with van der Waals surface area (Å²) in [5, 5.41) is 9.67. The second kappa shape index (κ2) is 3.96. The molecule has 3 N–H and O–H groups in total. The van der Waals surface area contributed by atoms with Gasteiger partial charge in [-0.2, -0.15) is 0 Å². The number of hydrogen-bond donors (Lipinski definition) is 2. The number of benzene rings is 1. The van der Waals surface area contributed by atoms with Gasteiger partial charge in [0.25, 0.3) is 0 Å². The van der Waals surface area contributed by atoms with E-state index in [-0.39, 0.29) is 6.61 Å². The number of hydrogen-bond acceptors (Lipinski definition) is 2. The van der Waals surface area contributed by atoms with Gasteiger partial charge in [0.15, 0.2) is 0 Å². The maximum Gasteiger partial charge on any atom is 0.0650 e. The molecule has 0 radical (unpaired) electrons. The lowest BCUT2D eigenvalue weighted by molar-refractivity contribution is 0.209. The molecule has 1 unspecified atom stereocenters. The third kappa shape index (κ3) is 2.23. The number of aliphatic hydroxyl groups is 1. The summed E-state index contributed by atoms with van der Waals surface area (Å²) in [7, 11) is 0. The largest absolute Gasteiger partial charge is 0.394 e. The van der Waals surface area contributed by atoms with E-state index in [2.05, 4.69) is 15.9 Å². The molecule has 0 aromatic heterocycles. The van der Waals surface area contributed by atoms with Crippen LogP contribution < -0.4 is 5.73 Å². The number of halogens is 2. The first-order valence-electron chi connectivity index (χ1n) is 3.83. The molecule has 1 aromatic carbocycles. The van der Waals surface area contributed by atoms with E-state index in [1.807, 2.05) is 12.1 Å². The number of rotatable bonds is 2. The molecular formula is C9H11BrClNO. The molecule has 0 heterocycles. The second-order valence-electron chi connectivity index (χ2n) is 3.18. The van der Waals surface area contributed by atoms with Crippen molar-refractivity contribution in [3.63, 3.8) is 0 Å². The maximum absolute atomic E-state index is 9.07. The van der Waals surface area contributed by atoms with Gasteiger partial charge in [0.2, 0.25) is 0 Å². The van der Waals surface area contributed by atoms with Crippen molar-refractivity contribution in [1.82, 2.24) is 0 Å². The Hall–Kier alpha value is -0.0900. The third-order valence-corrected chi connectivity index (χ3v) is 3.29. The Balaban J connectivity index is 3.22. The highest BCUT2D eigenvalue weighted by atomic mass is 79.9. The van der Waals surface area contributed by atoms with Crippen molar-refractivity contribution in [3.05, 3.63) is 33.3 Å². The van der Waals surface area contributed by atoms with E-state index >= 15 is 0 Å². The van der Waals surface area contributed by atoms with Gasteiger partial charge in [-0.05, 0) is 34.5 Å². The Morgan fingerprint density at radius 1 is 1.62 bits per heavy atom. The summed E-state index contributed by atoms with van der Waals surface area (Å²) in [5.41, 5.74) is 5.92. The molecule has 1 rings (SSSR count). The molecule has 1 atom stereocenters. The van der Waals surface area contributed by atoms with Gasteiger partial charge in [-0.3, -0.25) is 0 Å². The van der Waals surface area contributed by atoms with Crippen LogP contribution in [0.3, 0.4) is 0 Å². The minimum absolute atomic E-state index is 0.119. The number of aliphatic hydroxyl groups excluding tert-OH is 1. The SMILES string of the molecule is CC(N)(CO)c1cccc(Cl)c1Br. The van der Waals surface area contributed by atoms with Crippen LogP contribution in [0.4, 0.5) is 0 Å². The van der Waals surface area contributed by atoms with Crippen LogP contribution in [-0.4, -0.2) is 11.7 Å². The van der Waals surface area contributed by atoms with Crippen molar-refractivity contribution < 1.29 is 5.11 Å². The first kappa shape index (κ1) is 11.0. The van der Waals surface area contributed by atoms with E-state index in [0.717, 1.165) is 10.0 Å². The van der Waals surface area contributed by atoms with Crippen molar-refractivity contribution in [3.8, 4) is 0 Å². The second-order valence-corrected chi connectivity index (χ2v) is 4.38. The van der Waals surface area contributed by atoms with Crippen LogP contribution in [0.1, 0.15) is 12.5 Å².